The van der Waals surface area contributed by atoms with E-state index in [1.54, 1.807) is 13.0 Å². The molecular formula is C11H17N2O7P. The Kier molecular flexibility index (Phi) is 6.73. The summed E-state index contributed by atoms with van der Waals surface area (Å²) in [7, 11) is -4.14. The summed E-state index contributed by atoms with van der Waals surface area (Å²) in [5.41, 5.74) is -0.586. The van der Waals surface area contributed by atoms with Crippen LogP contribution >= 0.6 is 7.60 Å². The van der Waals surface area contributed by atoms with E-state index in [2.05, 4.69) is 4.98 Å². The quantitative estimate of drug-likeness (QED) is 0.335. The first-order chi connectivity index (χ1) is 9.79. The molecule has 0 atom stereocenters. The lowest BCUT2D eigenvalue weighted by atomic mass is 10.4. The van der Waals surface area contributed by atoms with Crippen LogP contribution in [-0.2, 0) is 20.8 Å². The maximum Gasteiger partial charge on any atom is 0.350 e. The molecule has 1 aromatic rings. The van der Waals surface area contributed by atoms with Crippen molar-refractivity contribution < 1.29 is 23.8 Å². The summed E-state index contributed by atoms with van der Waals surface area (Å²) in [5.74, 6) is 0. The molecule has 0 amide bonds. The number of aromatic amines is 1. The highest BCUT2D eigenvalue weighted by Gasteiger charge is 2.11. The van der Waals surface area contributed by atoms with Gasteiger partial charge in [-0.1, -0.05) is 12.2 Å². The van der Waals surface area contributed by atoms with Crippen molar-refractivity contribution in [2.75, 3.05) is 19.6 Å². The smallest absolute Gasteiger partial charge is 0.350 e. The predicted molar refractivity (Wildman–Crippen MR) is 74.0 cm³/mol. The third kappa shape index (κ3) is 7.16. The topological polar surface area (TPSA) is 131 Å². The molecule has 10 heteroatoms. The van der Waals surface area contributed by atoms with E-state index in [0.717, 1.165) is 0 Å². The number of ether oxygens (including phenoxy) is 2. The zero-order valence-electron chi connectivity index (χ0n) is 11.4. The van der Waals surface area contributed by atoms with Gasteiger partial charge in [0.25, 0.3) is 5.56 Å². The SMILES string of the molecule is Cc1cn(COC/C=C\COCP(=O)(O)O)c(=O)[nH]c1=O. The van der Waals surface area contributed by atoms with Gasteiger partial charge in [0, 0.05) is 11.8 Å². The minimum Gasteiger partial charge on any atom is -0.365 e. The van der Waals surface area contributed by atoms with Crippen LogP contribution in [0, 0.1) is 6.92 Å². The molecule has 1 aromatic heterocycles. The number of nitrogens with one attached hydrogen (secondary N) is 1. The first kappa shape index (κ1) is 17.5. The fraction of sp³-hybridized carbons (Fsp3) is 0.455. The Morgan fingerprint density at radius 3 is 2.52 bits per heavy atom. The molecule has 9 nitrogen and oxygen atoms in total. The predicted octanol–water partition coefficient (Wildman–Crippen LogP) is -0.473. The molecule has 0 radical (unpaired) electrons. The average Bonchev–Trinajstić information content (AvgIpc) is 2.37. The number of rotatable bonds is 8. The van der Waals surface area contributed by atoms with Gasteiger partial charge in [0.2, 0.25) is 0 Å². The second kappa shape index (κ2) is 8.06. The van der Waals surface area contributed by atoms with Crippen LogP contribution in [0.2, 0.25) is 0 Å². The summed E-state index contributed by atoms with van der Waals surface area (Å²) in [6, 6.07) is 0. The van der Waals surface area contributed by atoms with Gasteiger partial charge in [-0.3, -0.25) is 18.9 Å². The number of nitrogens with zero attached hydrogens (tertiary/aromatic N) is 1. The minimum absolute atomic E-state index is 0.0237. The summed E-state index contributed by atoms with van der Waals surface area (Å²) < 4.78 is 21.6. The van der Waals surface area contributed by atoms with Gasteiger partial charge < -0.3 is 19.3 Å². The largest absolute Gasteiger partial charge is 0.365 e. The number of hydrogen-bond donors (Lipinski definition) is 3. The van der Waals surface area contributed by atoms with Crippen LogP contribution in [0.25, 0.3) is 0 Å². The molecular weight excluding hydrogens is 303 g/mol. The zero-order valence-corrected chi connectivity index (χ0v) is 12.3. The Hall–Kier alpha value is -1.51. The van der Waals surface area contributed by atoms with Crippen LogP contribution in [0.15, 0.2) is 27.9 Å². The van der Waals surface area contributed by atoms with Gasteiger partial charge in [0.1, 0.15) is 13.1 Å². The lowest BCUT2D eigenvalue weighted by molar-refractivity contribution is 0.0956. The van der Waals surface area contributed by atoms with Crippen molar-refractivity contribution in [2.45, 2.75) is 13.7 Å². The molecule has 0 aromatic carbocycles. The molecule has 1 heterocycles. The van der Waals surface area contributed by atoms with Crippen molar-refractivity contribution >= 4 is 7.60 Å². The Bertz CT molecular complexity index is 643. The fourth-order valence-corrected chi connectivity index (χ4v) is 1.65. The molecule has 0 spiro atoms. The lowest BCUT2D eigenvalue weighted by Gasteiger charge is -2.05. The molecule has 3 N–H and O–H groups in total. The molecule has 1 rings (SSSR count). The summed E-state index contributed by atoms with van der Waals surface area (Å²) in [6.45, 7) is 1.78. The van der Waals surface area contributed by atoms with Gasteiger partial charge in [-0.05, 0) is 6.92 Å². The van der Waals surface area contributed by atoms with Crippen LogP contribution < -0.4 is 11.2 Å². The van der Waals surface area contributed by atoms with Gasteiger partial charge >= 0.3 is 13.3 Å². The molecule has 0 saturated heterocycles. The van der Waals surface area contributed by atoms with Crippen molar-refractivity contribution in [3.05, 3.63) is 44.8 Å². The van der Waals surface area contributed by atoms with E-state index in [0.29, 0.717) is 5.56 Å². The summed E-state index contributed by atoms with van der Waals surface area (Å²) in [4.78, 5) is 41.8. The minimum atomic E-state index is -4.14. The maximum atomic E-state index is 11.4. The molecule has 21 heavy (non-hydrogen) atoms. The second-order valence-electron chi connectivity index (χ2n) is 4.18. The van der Waals surface area contributed by atoms with E-state index >= 15 is 0 Å². The van der Waals surface area contributed by atoms with E-state index in [-0.39, 0.29) is 19.9 Å². The molecule has 0 aliphatic carbocycles. The molecule has 118 valence electrons. The van der Waals surface area contributed by atoms with Gasteiger partial charge in [-0.2, -0.15) is 0 Å². The third-order valence-corrected chi connectivity index (χ3v) is 2.79. The van der Waals surface area contributed by atoms with Gasteiger partial charge in [-0.15, -0.1) is 0 Å². The highest BCUT2D eigenvalue weighted by Crippen LogP contribution is 2.33. The first-order valence-electron chi connectivity index (χ1n) is 5.95. The molecule has 0 unspecified atom stereocenters. The Labute approximate surface area is 120 Å². The fourth-order valence-electron chi connectivity index (χ4n) is 1.31. The molecule has 0 bridgehead atoms. The number of hydrogen-bond acceptors (Lipinski definition) is 5. The second-order valence-corrected chi connectivity index (χ2v) is 5.76. The van der Waals surface area contributed by atoms with Crippen LogP contribution in [-0.4, -0.2) is 38.9 Å². The number of H-pyrrole nitrogens is 1. The van der Waals surface area contributed by atoms with Crippen LogP contribution in [0.3, 0.4) is 0 Å². The van der Waals surface area contributed by atoms with E-state index in [1.165, 1.54) is 16.8 Å². The lowest BCUT2D eigenvalue weighted by Crippen LogP contribution is -2.31. The first-order valence-corrected chi connectivity index (χ1v) is 7.75. The van der Waals surface area contributed by atoms with E-state index in [4.69, 9.17) is 19.3 Å². The Morgan fingerprint density at radius 2 is 1.90 bits per heavy atom. The normalized spacial score (nSPS) is 12.1. The highest BCUT2D eigenvalue weighted by atomic mass is 31.2. The molecule has 0 aliphatic rings. The average molecular weight is 320 g/mol. The van der Waals surface area contributed by atoms with E-state index < -0.39 is 25.2 Å². The van der Waals surface area contributed by atoms with Crippen molar-refractivity contribution in [3.63, 3.8) is 0 Å². The van der Waals surface area contributed by atoms with Gasteiger partial charge in [0.05, 0.1) is 13.2 Å². The van der Waals surface area contributed by atoms with Crippen molar-refractivity contribution in [1.82, 2.24) is 9.55 Å². The summed E-state index contributed by atoms with van der Waals surface area (Å²) >= 11 is 0. The van der Waals surface area contributed by atoms with Crippen molar-refractivity contribution in [1.29, 1.82) is 0 Å². The van der Waals surface area contributed by atoms with E-state index in [9.17, 15) is 14.2 Å². The van der Waals surface area contributed by atoms with Crippen LogP contribution in [0.4, 0.5) is 0 Å². The van der Waals surface area contributed by atoms with Crippen LogP contribution in [0.1, 0.15) is 5.56 Å². The monoisotopic (exact) mass is 320 g/mol. The van der Waals surface area contributed by atoms with Gasteiger partial charge in [-0.25, -0.2) is 4.79 Å². The summed E-state index contributed by atoms with van der Waals surface area (Å²) in [6.07, 6.45) is 3.89. The van der Waals surface area contributed by atoms with Crippen molar-refractivity contribution in [2.24, 2.45) is 0 Å². The maximum absolute atomic E-state index is 11.4. The molecule has 0 fully saturated rings. The van der Waals surface area contributed by atoms with E-state index in [1.807, 2.05) is 0 Å². The summed E-state index contributed by atoms with van der Waals surface area (Å²) in [5, 5.41) is 0. The standard InChI is InChI=1S/C11H17N2O7P/c1-9-6-13(11(15)12-10(9)14)7-19-4-2-3-5-20-8-21(16,17)18/h2-3,6H,4-5,7-8H2,1H3,(H,12,14,15)(H2,16,17,18)/b3-2-. The number of aromatic nitrogens is 2. The zero-order chi connectivity index (χ0) is 15.9. The van der Waals surface area contributed by atoms with Crippen LogP contribution in [0.5, 0.6) is 0 Å². The Morgan fingerprint density at radius 1 is 1.29 bits per heavy atom. The van der Waals surface area contributed by atoms with Gasteiger partial charge in [0.15, 0.2) is 0 Å². The molecule has 0 aliphatic heterocycles. The Balaban J connectivity index is 2.29. The highest BCUT2D eigenvalue weighted by molar-refractivity contribution is 7.51. The third-order valence-electron chi connectivity index (χ3n) is 2.27. The van der Waals surface area contributed by atoms with Crippen molar-refractivity contribution in [3.8, 4) is 0 Å². The number of aryl methyl sites for hydroxylation is 1. The molecule has 0 saturated carbocycles.